The van der Waals surface area contributed by atoms with E-state index in [4.69, 9.17) is 8.92 Å². The highest BCUT2D eigenvalue weighted by atomic mass is 32.2. The van der Waals surface area contributed by atoms with Crippen molar-refractivity contribution in [3.63, 3.8) is 0 Å². The molecule has 1 aromatic rings. The Labute approximate surface area is 130 Å². The van der Waals surface area contributed by atoms with Gasteiger partial charge in [-0.2, -0.15) is 8.42 Å². The Bertz CT molecular complexity index is 633. The van der Waals surface area contributed by atoms with Crippen molar-refractivity contribution in [2.45, 2.75) is 19.8 Å². The van der Waals surface area contributed by atoms with Crippen molar-refractivity contribution < 1.29 is 26.9 Å². The molecular formula is C15H20O6S. The van der Waals surface area contributed by atoms with E-state index >= 15 is 0 Å². The lowest BCUT2D eigenvalue weighted by Crippen LogP contribution is -2.14. The lowest BCUT2D eigenvalue weighted by atomic mass is 10.2. The number of hydrogen-bond donors (Lipinski definition) is 0. The average molecular weight is 328 g/mol. The number of esters is 1. The summed E-state index contributed by atoms with van der Waals surface area (Å²) in [6.07, 6.45) is 4.08. The van der Waals surface area contributed by atoms with Crippen LogP contribution in [-0.2, 0) is 19.6 Å². The molecule has 0 aliphatic heterocycles. The van der Waals surface area contributed by atoms with Gasteiger partial charge < -0.3 is 13.7 Å². The Hall–Kier alpha value is -2.02. The van der Waals surface area contributed by atoms with Gasteiger partial charge in [-0.1, -0.05) is 19.4 Å². The normalized spacial score (nSPS) is 11.4. The number of methoxy groups -OCH3 is 2. The van der Waals surface area contributed by atoms with Gasteiger partial charge >= 0.3 is 16.1 Å². The topological polar surface area (TPSA) is 78.9 Å². The Morgan fingerprint density at radius 2 is 1.95 bits per heavy atom. The molecule has 0 bridgehead atoms. The molecule has 0 saturated carbocycles. The van der Waals surface area contributed by atoms with Gasteiger partial charge in [-0.3, -0.25) is 0 Å². The Kier molecular flexibility index (Phi) is 6.91. The van der Waals surface area contributed by atoms with Crippen LogP contribution in [0, 0.1) is 0 Å². The first-order valence-corrected chi connectivity index (χ1v) is 8.35. The molecule has 122 valence electrons. The fraction of sp³-hybridized carbons (Fsp3) is 0.400. The van der Waals surface area contributed by atoms with E-state index in [0.29, 0.717) is 12.0 Å². The smallest absolute Gasteiger partial charge is 0.330 e. The predicted molar refractivity (Wildman–Crippen MR) is 83.4 cm³/mol. The Morgan fingerprint density at radius 1 is 1.23 bits per heavy atom. The molecule has 0 spiro atoms. The second-order valence-corrected chi connectivity index (χ2v) is 6.16. The number of benzene rings is 1. The highest BCUT2D eigenvalue weighted by Gasteiger charge is 2.15. The van der Waals surface area contributed by atoms with E-state index in [-0.39, 0.29) is 17.3 Å². The number of carbonyl (C=O) groups is 1. The summed E-state index contributed by atoms with van der Waals surface area (Å²) < 4.78 is 38.3. The van der Waals surface area contributed by atoms with Crippen LogP contribution in [0.15, 0.2) is 24.3 Å². The van der Waals surface area contributed by atoms with Crippen LogP contribution in [0.1, 0.15) is 25.3 Å². The minimum absolute atomic E-state index is 0.0450. The van der Waals surface area contributed by atoms with E-state index in [2.05, 4.69) is 4.74 Å². The van der Waals surface area contributed by atoms with Crippen LogP contribution in [0.25, 0.3) is 6.08 Å². The first-order valence-electron chi connectivity index (χ1n) is 6.78. The lowest BCUT2D eigenvalue weighted by Gasteiger charge is -2.11. The fourth-order valence-electron chi connectivity index (χ4n) is 1.59. The van der Waals surface area contributed by atoms with Crippen LogP contribution >= 0.6 is 0 Å². The largest absolute Gasteiger partial charge is 0.493 e. The van der Waals surface area contributed by atoms with Gasteiger partial charge in [0, 0.05) is 6.08 Å². The maximum atomic E-state index is 11.8. The molecular weight excluding hydrogens is 308 g/mol. The molecule has 0 fully saturated rings. The molecule has 0 N–H and O–H groups in total. The third-order valence-corrected chi connectivity index (χ3v) is 3.99. The molecule has 0 amide bonds. The zero-order valence-electron chi connectivity index (χ0n) is 12.9. The third kappa shape index (κ3) is 5.77. The molecule has 0 aliphatic rings. The third-order valence-electron chi connectivity index (χ3n) is 2.77. The van der Waals surface area contributed by atoms with Gasteiger partial charge in [0.15, 0.2) is 11.5 Å². The van der Waals surface area contributed by atoms with Gasteiger partial charge in [-0.25, -0.2) is 4.79 Å². The average Bonchev–Trinajstić information content (AvgIpc) is 2.51. The van der Waals surface area contributed by atoms with Gasteiger partial charge in [-0.05, 0) is 30.2 Å². The Balaban J connectivity index is 2.94. The molecule has 0 aliphatic carbocycles. The van der Waals surface area contributed by atoms with Crippen molar-refractivity contribution in [2.75, 3.05) is 20.0 Å². The second kappa shape index (κ2) is 8.43. The minimum atomic E-state index is -3.64. The van der Waals surface area contributed by atoms with Crippen molar-refractivity contribution in [1.82, 2.24) is 0 Å². The zero-order chi connectivity index (χ0) is 16.6. The molecule has 7 heteroatoms. The molecule has 0 heterocycles. The summed E-state index contributed by atoms with van der Waals surface area (Å²) in [5.41, 5.74) is 0.653. The highest BCUT2D eigenvalue weighted by molar-refractivity contribution is 7.87. The number of ether oxygens (including phenoxy) is 2. The second-order valence-electron chi connectivity index (χ2n) is 4.47. The van der Waals surface area contributed by atoms with Crippen molar-refractivity contribution in [1.29, 1.82) is 0 Å². The quantitative estimate of drug-likeness (QED) is 0.414. The van der Waals surface area contributed by atoms with Gasteiger partial charge in [-0.15, -0.1) is 0 Å². The summed E-state index contributed by atoms with van der Waals surface area (Å²) >= 11 is 0. The minimum Gasteiger partial charge on any atom is -0.493 e. The van der Waals surface area contributed by atoms with Gasteiger partial charge in [0.25, 0.3) is 0 Å². The standard InChI is InChI=1S/C15H20O6S/c1-4-5-10-22(17,18)21-13-8-6-12(11-14(13)19-2)7-9-15(16)20-3/h6-9,11H,4-5,10H2,1-3H3. The van der Waals surface area contributed by atoms with Crippen LogP contribution in [0.3, 0.4) is 0 Å². The first-order chi connectivity index (χ1) is 10.4. The van der Waals surface area contributed by atoms with Crippen molar-refractivity contribution >= 4 is 22.2 Å². The lowest BCUT2D eigenvalue weighted by molar-refractivity contribution is -0.134. The number of rotatable bonds is 8. The maximum absolute atomic E-state index is 11.8. The van der Waals surface area contributed by atoms with Gasteiger partial charge in [0.05, 0.1) is 20.0 Å². The zero-order valence-corrected chi connectivity index (χ0v) is 13.7. The number of carbonyl (C=O) groups excluding carboxylic acids is 1. The van der Waals surface area contributed by atoms with E-state index in [1.165, 1.54) is 32.4 Å². The fourth-order valence-corrected chi connectivity index (χ4v) is 2.73. The molecule has 0 aromatic heterocycles. The summed E-state index contributed by atoms with van der Waals surface area (Å²) in [7, 11) is -0.950. The molecule has 1 aromatic carbocycles. The van der Waals surface area contributed by atoms with Crippen LogP contribution < -0.4 is 8.92 Å². The van der Waals surface area contributed by atoms with Crippen LogP contribution in [0.4, 0.5) is 0 Å². The SMILES string of the molecule is CCCCS(=O)(=O)Oc1ccc(C=CC(=O)OC)cc1OC. The van der Waals surface area contributed by atoms with Crippen molar-refractivity contribution in [2.24, 2.45) is 0 Å². The molecule has 6 nitrogen and oxygen atoms in total. The van der Waals surface area contributed by atoms with E-state index in [0.717, 1.165) is 6.42 Å². The summed E-state index contributed by atoms with van der Waals surface area (Å²) in [6, 6.07) is 4.68. The van der Waals surface area contributed by atoms with E-state index in [1.54, 1.807) is 12.1 Å². The summed E-state index contributed by atoms with van der Waals surface area (Å²) in [5.74, 6) is -0.140. The molecule has 1 rings (SSSR count). The van der Waals surface area contributed by atoms with E-state index < -0.39 is 16.1 Å². The molecule has 0 unspecified atom stereocenters. The number of hydrogen-bond acceptors (Lipinski definition) is 6. The van der Waals surface area contributed by atoms with Crippen molar-refractivity contribution in [3.05, 3.63) is 29.8 Å². The molecule has 0 saturated heterocycles. The summed E-state index contributed by atoms with van der Waals surface area (Å²) in [6.45, 7) is 1.90. The predicted octanol–water partition coefficient (Wildman–Crippen LogP) is 2.39. The molecule has 0 radical (unpaired) electrons. The van der Waals surface area contributed by atoms with E-state index in [1.807, 2.05) is 6.92 Å². The highest BCUT2D eigenvalue weighted by Crippen LogP contribution is 2.30. The first kappa shape index (κ1) is 18.0. The van der Waals surface area contributed by atoms with Crippen LogP contribution in [0.5, 0.6) is 11.5 Å². The van der Waals surface area contributed by atoms with Gasteiger partial charge in [0.1, 0.15) is 0 Å². The maximum Gasteiger partial charge on any atom is 0.330 e. The monoisotopic (exact) mass is 328 g/mol. The molecule has 22 heavy (non-hydrogen) atoms. The Morgan fingerprint density at radius 3 is 2.55 bits per heavy atom. The summed E-state index contributed by atoms with van der Waals surface area (Å²) in [5, 5.41) is 0. The molecule has 0 atom stereocenters. The van der Waals surface area contributed by atoms with Crippen LogP contribution in [-0.4, -0.2) is 34.4 Å². The van der Waals surface area contributed by atoms with Crippen molar-refractivity contribution in [3.8, 4) is 11.5 Å². The number of unbranched alkanes of at least 4 members (excludes halogenated alkanes) is 1. The van der Waals surface area contributed by atoms with Crippen LogP contribution in [0.2, 0.25) is 0 Å². The summed E-state index contributed by atoms with van der Waals surface area (Å²) in [4.78, 5) is 11.1. The van der Waals surface area contributed by atoms with Gasteiger partial charge in [0.2, 0.25) is 0 Å². The van der Waals surface area contributed by atoms with E-state index in [9.17, 15) is 13.2 Å².